The topological polar surface area (TPSA) is 66.0 Å². The van der Waals surface area contributed by atoms with Crippen LogP contribution in [0.25, 0.3) is 0 Å². The standard InChI is InChI=1S/C6H5BrN2O2S/c7-3-2-8-6(12)9-4(3)1-5(10)11/h2H,1H2,(H,10,11)(H,8,9,12). The van der Waals surface area contributed by atoms with Crippen molar-refractivity contribution in [3.05, 3.63) is 21.1 Å². The minimum atomic E-state index is -0.910. The van der Waals surface area contributed by atoms with Gasteiger partial charge in [0.15, 0.2) is 4.77 Å². The van der Waals surface area contributed by atoms with E-state index in [-0.39, 0.29) is 11.2 Å². The Morgan fingerprint density at radius 3 is 3.08 bits per heavy atom. The molecule has 64 valence electrons. The van der Waals surface area contributed by atoms with Gasteiger partial charge in [0.1, 0.15) is 0 Å². The van der Waals surface area contributed by atoms with Crippen molar-refractivity contribution in [3.63, 3.8) is 0 Å². The van der Waals surface area contributed by atoms with Gasteiger partial charge >= 0.3 is 5.97 Å². The van der Waals surface area contributed by atoms with Crippen molar-refractivity contribution in [1.29, 1.82) is 0 Å². The molecule has 0 bridgehead atoms. The molecule has 0 aliphatic heterocycles. The first kappa shape index (κ1) is 9.34. The van der Waals surface area contributed by atoms with Gasteiger partial charge in [0.2, 0.25) is 0 Å². The summed E-state index contributed by atoms with van der Waals surface area (Å²) in [7, 11) is 0. The first-order chi connectivity index (χ1) is 5.59. The van der Waals surface area contributed by atoms with E-state index in [2.05, 4.69) is 25.9 Å². The normalized spacial score (nSPS) is 9.75. The van der Waals surface area contributed by atoms with E-state index in [1.54, 1.807) is 0 Å². The van der Waals surface area contributed by atoms with Crippen LogP contribution in [0, 0.1) is 4.77 Å². The minimum absolute atomic E-state index is 0.0905. The maximum Gasteiger partial charge on any atom is 0.309 e. The Balaban J connectivity index is 3.05. The highest BCUT2D eigenvalue weighted by Crippen LogP contribution is 2.12. The fourth-order valence-corrected chi connectivity index (χ4v) is 1.21. The maximum absolute atomic E-state index is 10.3. The zero-order chi connectivity index (χ0) is 9.14. The van der Waals surface area contributed by atoms with Crippen LogP contribution in [-0.2, 0) is 11.2 Å². The molecule has 0 unspecified atom stereocenters. The molecular weight excluding hydrogens is 244 g/mol. The number of carboxylic acids is 1. The van der Waals surface area contributed by atoms with Gasteiger partial charge < -0.3 is 10.1 Å². The third-order valence-corrected chi connectivity index (χ3v) is 2.06. The van der Waals surface area contributed by atoms with Crippen LogP contribution in [0.3, 0.4) is 0 Å². The summed E-state index contributed by atoms with van der Waals surface area (Å²) in [6.07, 6.45) is 1.39. The molecule has 0 fully saturated rings. The van der Waals surface area contributed by atoms with Crippen molar-refractivity contribution in [2.24, 2.45) is 0 Å². The van der Waals surface area contributed by atoms with Gasteiger partial charge in [-0.25, -0.2) is 4.98 Å². The fraction of sp³-hybridized carbons (Fsp3) is 0.167. The van der Waals surface area contributed by atoms with Crippen LogP contribution in [0.5, 0.6) is 0 Å². The lowest BCUT2D eigenvalue weighted by atomic mass is 10.3. The van der Waals surface area contributed by atoms with Crippen LogP contribution in [0.2, 0.25) is 0 Å². The molecule has 1 aromatic rings. The maximum atomic E-state index is 10.3. The van der Waals surface area contributed by atoms with Gasteiger partial charge in [0.25, 0.3) is 0 Å². The number of H-pyrrole nitrogens is 1. The van der Waals surface area contributed by atoms with Gasteiger partial charge in [-0.1, -0.05) is 0 Å². The molecule has 0 saturated carbocycles. The second-order valence-electron chi connectivity index (χ2n) is 2.09. The summed E-state index contributed by atoms with van der Waals surface area (Å²) in [6, 6.07) is 0. The largest absolute Gasteiger partial charge is 0.481 e. The molecule has 0 aromatic carbocycles. The number of nitrogens with zero attached hydrogens (tertiary/aromatic N) is 1. The van der Waals surface area contributed by atoms with E-state index >= 15 is 0 Å². The Labute approximate surface area is 81.8 Å². The smallest absolute Gasteiger partial charge is 0.309 e. The van der Waals surface area contributed by atoms with Crippen LogP contribution in [0.4, 0.5) is 0 Å². The van der Waals surface area contributed by atoms with Gasteiger partial charge in [-0.3, -0.25) is 4.79 Å². The molecule has 2 N–H and O–H groups in total. The van der Waals surface area contributed by atoms with Crippen molar-refractivity contribution in [1.82, 2.24) is 9.97 Å². The molecule has 0 atom stereocenters. The molecule has 0 radical (unpaired) electrons. The molecule has 4 nitrogen and oxygen atoms in total. The molecule has 12 heavy (non-hydrogen) atoms. The quantitative estimate of drug-likeness (QED) is 0.780. The van der Waals surface area contributed by atoms with Crippen molar-refractivity contribution in [2.75, 3.05) is 0 Å². The van der Waals surface area contributed by atoms with E-state index in [4.69, 9.17) is 17.3 Å². The summed E-state index contributed by atoms with van der Waals surface area (Å²) in [5.74, 6) is -0.910. The van der Waals surface area contributed by atoms with Crippen LogP contribution in [-0.4, -0.2) is 21.0 Å². The highest BCUT2D eigenvalue weighted by atomic mass is 79.9. The average molecular weight is 249 g/mol. The number of hydrogen-bond donors (Lipinski definition) is 2. The lowest BCUT2D eigenvalue weighted by Crippen LogP contribution is -2.03. The lowest BCUT2D eigenvalue weighted by Gasteiger charge is -1.99. The third-order valence-electron chi connectivity index (χ3n) is 1.17. The van der Waals surface area contributed by atoms with Gasteiger partial charge in [-0.15, -0.1) is 0 Å². The number of carboxylic acid groups (broad SMARTS) is 1. The van der Waals surface area contributed by atoms with Crippen molar-refractivity contribution in [3.8, 4) is 0 Å². The summed E-state index contributed by atoms with van der Waals surface area (Å²) in [6.45, 7) is 0. The van der Waals surface area contributed by atoms with Crippen LogP contribution in [0.1, 0.15) is 5.69 Å². The number of hydrogen-bond acceptors (Lipinski definition) is 3. The number of rotatable bonds is 2. The predicted molar refractivity (Wildman–Crippen MR) is 48.5 cm³/mol. The molecule has 0 amide bonds. The summed E-state index contributed by atoms with van der Waals surface area (Å²) in [4.78, 5) is 16.8. The molecule has 6 heteroatoms. The Bertz CT molecular complexity index is 363. The molecule has 1 aromatic heterocycles. The molecule has 0 saturated heterocycles. The summed E-state index contributed by atoms with van der Waals surface area (Å²) in [5, 5.41) is 8.49. The van der Waals surface area contributed by atoms with E-state index in [1.807, 2.05) is 0 Å². The van der Waals surface area contributed by atoms with E-state index in [0.29, 0.717) is 10.2 Å². The highest BCUT2D eigenvalue weighted by Gasteiger charge is 2.04. The minimum Gasteiger partial charge on any atom is -0.481 e. The van der Waals surface area contributed by atoms with E-state index in [9.17, 15) is 4.79 Å². The summed E-state index contributed by atoms with van der Waals surface area (Å²) >= 11 is 7.89. The van der Waals surface area contributed by atoms with E-state index in [0.717, 1.165) is 0 Å². The first-order valence-corrected chi connectivity index (χ1v) is 4.25. The predicted octanol–water partition coefficient (Wildman–Crippen LogP) is 1.53. The van der Waals surface area contributed by atoms with Crippen LogP contribution in [0.15, 0.2) is 10.7 Å². The van der Waals surface area contributed by atoms with E-state index < -0.39 is 5.97 Å². The molecule has 0 aliphatic carbocycles. The second-order valence-corrected chi connectivity index (χ2v) is 3.33. The van der Waals surface area contributed by atoms with E-state index in [1.165, 1.54) is 6.20 Å². The summed E-state index contributed by atoms with van der Waals surface area (Å²) in [5.41, 5.74) is 0.530. The fourth-order valence-electron chi connectivity index (χ4n) is 0.694. The average Bonchev–Trinajstić information content (AvgIpc) is 1.96. The third kappa shape index (κ3) is 2.38. The zero-order valence-corrected chi connectivity index (χ0v) is 8.28. The number of halogens is 1. The van der Waals surface area contributed by atoms with Gasteiger partial charge in [-0.05, 0) is 28.1 Å². The molecular formula is C6H5BrN2O2S. The molecule has 0 aliphatic rings. The summed E-state index contributed by atoms with van der Waals surface area (Å²) < 4.78 is 0.910. The number of carbonyl (C=O) groups is 1. The Morgan fingerprint density at radius 2 is 2.50 bits per heavy atom. The molecule has 0 spiro atoms. The molecule has 1 rings (SSSR count). The zero-order valence-electron chi connectivity index (χ0n) is 5.87. The Morgan fingerprint density at radius 1 is 1.83 bits per heavy atom. The SMILES string of the molecule is O=C(O)Cc1[nH]c(=S)ncc1Br. The lowest BCUT2D eigenvalue weighted by molar-refractivity contribution is -0.136. The van der Waals surface area contributed by atoms with Crippen molar-refractivity contribution in [2.45, 2.75) is 6.42 Å². The van der Waals surface area contributed by atoms with Crippen LogP contribution >= 0.6 is 28.1 Å². The Hall–Kier alpha value is -0.750. The highest BCUT2D eigenvalue weighted by molar-refractivity contribution is 9.10. The molecule has 1 heterocycles. The van der Waals surface area contributed by atoms with Crippen LogP contribution < -0.4 is 0 Å². The van der Waals surface area contributed by atoms with Gasteiger partial charge in [0, 0.05) is 11.9 Å². The number of aromatic amines is 1. The first-order valence-electron chi connectivity index (χ1n) is 3.05. The number of aliphatic carboxylic acids is 1. The number of nitrogens with one attached hydrogen (secondary N) is 1. The van der Waals surface area contributed by atoms with Crippen molar-refractivity contribution >= 4 is 34.1 Å². The van der Waals surface area contributed by atoms with Crippen molar-refractivity contribution < 1.29 is 9.90 Å². The monoisotopic (exact) mass is 248 g/mol. The second kappa shape index (κ2) is 3.77. The number of aromatic nitrogens is 2. The van der Waals surface area contributed by atoms with Gasteiger partial charge in [0.05, 0.1) is 10.9 Å². The van der Waals surface area contributed by atoms with Gasteiger partial charge in [-0.2, -0.15) is 0 Å². The Kier molecular flexibility index (Phi) is 2.93.